The van der Waals surface area contributed by atoms with E-state index in [0.29, 0.717) is 17.0 Å². The first kappa shape index (κ1) is 14.1. The van der Waals surface area contributed by atoms with Crippen LogP contribution in [0.15, 0.2) is 30.9 Å². The first-order valence-corrected chi connectivity index (χ1v) is 6.19. The lowest BCUT2D eigenvalue weighted by molar-refractivity contribution is -0.144. The molecule has 20 heavy (non-hydrogen) atoms. The minimum atomic E-state index is -1.37. The molecule has 1 unspecified atom stereocenters. The summed E-state index contributed by atoms with van der Waals surface area (Å²) in [5, 5.41) is 0. The fraction of sp³-hybridized carbons (Fsp3) is 0.333. The van der Waals surface area contributed by atoms with Crippen molar-refractivity contribution in [1.82, 2.24) is 0 Å². The molecule has 1 atom stereocenters. The molecule has 1 aromatic carbocycles. The Morgan fingerprint density at radius 3 is 2.70 bits per heavy atom. The molecular weight excluding hydrogens is 258 g/mol. The molecule has 1 aliphatic heterocycles. The van der Waals surface area contributed by atoms with Crippen LogP contribution >= 0.6 is 0 Å². The molecule has 0 bridgehead atoms. The number of fused-ring (bicyclic) bond motifs is 1. The molecule has 0 spiro atoms. The van der Waals surface area contributed by atoms with Crippen LogP contribution in [-0.2, 0) is 9.53 Å². The molecule has 2 rings (SSSR count). The molecule has 0 amide bonds. The molecule has 1 aromatic rings. The van der Waals surface area contributed by atoms with Crippen LogP contribution in [0.4, 0.5) is 5.69 Å². The number of hydrogen-bond acceptors (Lipinski definition) is 5. The number of Topliss-reactive ketones (excluding diaryl/α,β-unsaturated/α-hetero) is 1. The van der Waals surface area contributed by atoms with Crippen LogP contribution in [0.5, 0.6) is 5.75 Å². The Balaban J connectivity index is 2.61. The number of nitrogens with zero attached hydrogens (tertiary/aromatic N) is 1. The van der Waals surface area contributed by atoms with Crippen LogP contribution in [0.1, 0.15) is 16.8 Å². The lowest BCUT2D eigenvalue weighted by Crippen LogP contribution is -2.55. The Kier molecular flexibility index (Phi) is 3.53. The first-order valence-electron chi connectivity index (χ1n) is 6.19. The van der Waals surface area contributed by atoms with Crippen LogP contribution in [0.2, 0.25) is 0 Å². The summed E-state index contributed by atoms with van der Waals surface area (Å²) >= 11 is 0. The Hall–Kier alpha value is -2.30. The van der Waals surface area contributed by atoms with E-state index in [4.69, 9.17) is 9.47 Å². The van der Waals surface area contributed by atoms with E-state index in [2.05, 4.69) is 6.58 Å². The number of esters is 1. The summed E-state index contributed by atoms with van der Waals surface area (Å²) in [7, 11) is 4.51. The van der Waals surface area contributed by atoms with E-state index in [-0.39, 0.29) is 12.2 Å². The van der Waals surface area contributed by atoms with E-state index in [1.807, 2.05) is 0 Å². The zero-order chi connectivity index (χ0) is 14.9. The van der Waals surface area contributed by atoms with E-state index in [9.17, 15) is 9.59 Å². The van der Waals surface area contributed by atoms with Crippen molar-refractivity contribution in [3.05, 3.63) is 36.4 Å². The Bertz CT molecular complexity index is 581. The maximum atomic E-state index is 12.7. The first-order chi connectivity index (χ1) is 9.52. The third-order valence-electron chi connectivity index (χ3n) is 3.72. The standard InChI is InChI=1S/C15H17NO4/c1-5-8-15(14(18)20-4)13(17)11-9-10(19-3)6-7-12(11)16(15)2/h5-7,9H,1,8H2,2-4H3. The van der Waals surface area contributed by atoms with Crippen molar-refractivity contribution in [3.63, 3.8) is 0 Å². The minimum Gasteiger partial charge on any atom is -0.497 e. The van der Waals surface area contributed by atoms with Gasteiger partial charge in [-0.2, -0.15) is 0 Å². The smallest absolute Gasteiger partial charge is 0.340 e. The highest BCUT2D eigenvalue weighted by Gasteiger charge is 2.55. The highest BCUT2D eigenvalue weighted by atomic mass is 16.5. The Morgan fingerprint density at radius 1 is 1.45 bits per heavy atom. The number of ether oxygens (including phenoxy) is 2. The van der Waals surface area contributed by atoms with E-state index in [1.54, 1.807) is 36.2 Å². The molecular formula is C15H17NO4. The summed E-state index contributed by atoms with van der Waals surface area (Å²) in [5.41, 5.74) is -0.229. The van der Waals surface area contributed by atoms with Crippen molar-refractivity contribution in [2.45, 2.75) is 12.0 Å². The predicted octanol–water partition coefficient (Wildman–Crippen LogP) is 1.82. The van der Waals surface area contributed by atoms with Gasteiger partial charge in [-0.25, -0.2) is 4.79 Å². The fourth-order valence-corrected chi connectivity index (χ4v) is 2.62. The number of anilines is 1. The Labute approximate surface area is 117 Å². The van der Waals surface area contributed by atoms with Crippen molar-refractivity contribution in [1.29, 1.82) is 0 Å². The number of ketones is 1. The van der Waals surface area contributed by atoms with E-state index in [1.165, 1.54) is 14.2 Å². The van der Waals surface area contributed by atoms with E-state index < -0.39 is 11.5 Å². The van der Waals surface area contributed by atoms with Gasteiger partial charge in [0.05, 0.1) is 14.2 Å². The summed E-state index contributed by atoms with van der Waals surface area (Å²) in [6.45, 7) is 3.64. The SMILES string of the molecule is C=CCC1(C(=O)OC)C(=O)c2cc(OC)ccc2N1C. The number of carbonyl (C=O) groups is 2. The summed E-state index contributed by atoms with van der Waals surface area (Å²) < 4.78 is 9.97. The monoisotopic (exact) mass is 275 g/mol. The highest BCUT2D eigenvalue weighted by Crippen LogP contribution is 2.42. The maximum Gasteiger partial charge on any atom is 0.340 e. The van der Waals surface area contributed by atoms with Crippen LogP contribution < -0.4 is 9.64 Å². The van der Waals surface area contributed by atoms with Gasteiger partial charge in [0.1, 0.15) is 5.75 Å². The molecule has 0 fully saturated rings. The van der Waals surface area contributed by atoms with Gasteiger partial charge >= 0.3 is 5.97 Å². The van der Waals surface area contributed by atoms with E-state index in [0.717, 1.165) is 0 Å². The average Bonchev–Trinajstić information content (AvgIpc) is 2.69. The van der Waals surface area contributed by atoms with Crippen LogP contribution in [-0.4, -0.2) is 38.6 Å². The van der Waals surface area contributed by atoms with Gasteiger partial charge in [-0.1, -0.05) is 6.08 Å². The highest BCUT2D eigenvalue weighted by molar-refractivity contribution is 6.25. The zero-order valence-corrected chi connectivity index (χ0v) is 11.8. The average molecular weight is 275 g/mol. The summed E-state index contributed by atoms with van der Waals surface area (Å²) in [6.07, 6.45) is 1.74. The van der Waals surface area contributed by atoms with Crippen molar-refractivity contribution in [3.8, 4) is 5.75 Å². The largest absolute Gasteiger partial charge is 0.497 e. The van der Waals surface area contributed by atoms with Gasteiger partial charge in [-0.3, -0.25) is 4.79 Å². The van der Waals surface area contributed by atoms with Crippen LogP contribution in [0.25, 0.3) is 0 Å². The third-order valence-corrected chi connectivity index (χ3v) is 3.72. The predicted molar refractivity (Wildman–Crippen MR) is 75.3 cm³/mol. The van der Waals surface area contributed by atoms with Gasteiger partial charge in [-0.05, 0) is 18.2 Å². The van der Waals surface area contributed by atoms with Gasteiger partial charge in [0.2, 0.25) is 11.3 Å². The molecule has 5 nitrogen and oxygen atoms in total. The molecule has 0 radical (unpaired) electrons. The summed E-state index contributed by atoms with van der Waals surface area (Å²) in [5.74, 6) is -0.300. The quantitative estimate of drug-likeness (QED) is 0.476. The molecule has 1 heterocycles. The maximum absolute atomic E-state index is 12.7. The van der Waals surface area contributed by atoms with Gasteiger partial charge < -0.3 is 14.4 Å². The molecule has 106 valence electrons. The molecule has 5 heteroatoms. The number of carbonyl (C=O) groups excluding carboxylic acids is 2. The molecule has 0 aromatic heterocycles. The number of rotatable bonds is 4. The van der Waals surface area contributed by atoms with Crippen molar-refractivity contribution >= 4 is 17.4 Å². The molecule has 0 N–H and O–H groups in total. The van der Waals surface area contributed by atoms with Gasteiger partial charge in [0, 0.05) is 24.7 Å². The second kappa shape index (κ2) is 5.00. The number of methoxy groups -OCH3 is 2. The topological polar surface area (TPSA) is 55.8 Å². The van der Waals surface area contributed by atoms with Crippen molar-refractivity contribution in [2.24, 2.45) is 0 Å². The lowest BCUT2D eigenvalue weighted by Gasteiger charge is -2.32. The van der Waals surface area contributed by atoms with Gasteiger partial charge in [0.25, 0.3) is 0 Å². The van der Waals surface area contributed by atoms with Crippen LogP contribution in [0.3, 0.4) is 0 Å². The number of benzene rings is 1. The van der Waals surface area contributed by atoms with Crippen molar-refractivity contribution < 1.29 is 19.1 Å². The minimum absolute atomic E-state index is 0.187. The second-order valence-electron chi connectivity index (χ2n) is 4.62. The Morgan fingerprint density at radius 2 is 2.15 bits per heavy atom. The zero-order valence-electron chi connectivity index (χ0n) is 11.8. The van der Waals surface area contributed by atoms with Gasteiger partial charge in [0.15, 0.2) is 0 Å². The number of hydrogen-bond donors (Lipinski definition) is 0. The summed E-state index contributed by atoms with van der Waals surface area (Å²) in [4.78, 5) is 26.6. The molecule has 0 saturated carbocycles. The van der Waals surface area contributed by atoms with Crippen molar-refractivity contribution in [2.75, 3.05) is 26.2 Å². The van der Waals surface area contributed by atoms with Crippen LogP contribution in [0, 0.1) is 0 Å². The fourth-order valence-electron chi connectivity index (χ4n) is 2.62. The van der Waals surface area contributed by atoms with E-state index >= 15 is 0 Å². The third kappa shape index (κ3) is 1.70. The number of likely N-dealkylation sites (N-methyl/N-ethyl adjacent to an activating group) is 1. The molecule has 1 aliphatic rings. The molecule has 0 saturated heterocycles. The lowest BCUT2D eigenvalue weighted by atomic mass is 9.89. The molecule has 0 aliphatic carbocycles. The second-order valence-corrected chi connectivity index (χ2v) is 4.62. The summed E-state index contributed by atoms with van der Waals surface area (Å²) in [6, 6.07) is 5.16. The van der Waals surface area contributed by atoms with Gasteiger partial charge in [-0.15, -0.1) is 6.58 Å². The normalized spacial score (nSPS) is 20.6.